The van der Waals surface area contributed by atoms with Crippen molar-refractivity contribution in [3.8, 4) is 0 Å². The number of carboxylic acids is 1. The number of piperazine rings is 1. The molecule has 0 bridgehead atoms. The summed E-state index contributed by atoms with van der Waals surface area (Å²) >= 11 is 0. The zero-order valence-corrected chi connectivity index (χ0v) is 19.9. The van der Waals surface area contributed by atoms with Gasteiger partial charge in [-0.15, -0.1) is 0 Å². The molecule has 2 unspecified atom stereocenters. The molecule has 1 aromatic rings. The van der Waals surface area contributed by atoms with Crippen LogP contribution in [-0.2, 0) is 23.9 Å². The van der Waals surface area contributed by atoms with E-state index in [1.165, 1.54) is 11.8 Å². The Morgan fingerprint density at radius 3 is 2.43 bits per heavy atom. The van der Waals surface area contributed by atoms with Crippen molar-refractivity contribution in [1.82, 2.24) is 15.1 Å². The van der Waals surface area contributed by atoms with E-state index < -0.39 is 24.1 Å². The second-order valence-electron chi connectivity index (χ2n) is 8.42. The molecule has 2 amide bonds. The van der Waals surface area contributed by atoms with Crippen LogP contribution in [0.15, 0.2) is 24.3 Å². The van der Waals surface area contributed by atoms with Gasteiger partial charge in [-0.3, -0.25) is 34.5 Å². The van der Waals surface area contributed by atoms with E-state index in [-0.39, 0.29) is 30.9 Å². The van der Waals surface area contributed by atoms with Crippen molar-refractivity contribution in [1.29, 1.82) is 5.41 Å². The number of amidine groups is 1. The Balaban J connectivity index is 1.52. The number of nitrogens with zero attached hydrogens (tertiary/aromatic N) is 3. The molecule has 190 valence electrons. The summed E-state index contributed by atoms with van der Waals surface area (Å²) in [5.41, 5.74) is 1.16. The molecule has 0 spiro atoms. The molecule has 2 aliphatic heterocycles. The lowest BCUT2D eigenvalue weighted by Crippen LogP contribution is -2.54. The average molecular weight is 490 g/mol. The van der Waals surface area contributed by atoms with Gasteiger partial charge in [-0.05, 0) is 31.2 Å². The molecule has 0 aliphatic carbocycles. The molecule has 2 aliphatic rings. The summed E-state index contributed by atoms with van der Waals surface area (Å²) in [5.74, 6) is -1.92. The fourth-order valence-electron chi connectivity index (χ4n) is 4.19. The third-order valence-electron chi connectivity index (χ3n) is 5.88. The van der Waals surface area contributed by atoms with Crippen LogP contribution in [0.2, 0.25) is 0 Å². The summed E-state index contributed by atoms with van der Waals surface area (Å²) in [6, 6.07) is 5.90. The topological polar surface area (TPSA) is 153 Å². The number of rotatable bonds is 9. The first-order chi connectivity index (χ1) is 16.7. The molecule has 1 aromatic carbocycles. The molecule has 2 atom stereocenters. The van der Waals surface area contributed by atoms with Gasteiger partial charge in [0.05, 0.1) is 19.6 Å². The van der Waals surface area contributed by atoms with Gasteiger partial charge < -0.3 is 19.9 Å². The monoisotopic (exact) mass is 489 g/mol. The molecule has 2 heterocycles. The molecule has 2 saturated heterocycles. The number of cyclic esters (lactones) is 1. The number of carbonyl (C=O) groups is 4. The van der Waals surface area contributed by atoms with Gasteiger partial charge in [0.15, 0.2) is 0 Å². The first kappa shape index (κ1) is 26.1. The lowest BCUT2D eigenvalue weighted by atomic mass is 10.1. The first-order valence-electron chi connectivity index (χ1n) is 11.5. The fraction of sp³-hybridized carbons (Fsp3) is 0.522. The van der Waals surface area contributed by atoms with E-state index in [2.05, 4.69) is 10.2 Å². The average Bonchev–Trinajstić information content (AvgIpc) is 3.17. The Bertz CT molecular complexity index is 960. The summed E-state index contributed by atoms with van der Waals surface area (Å²) in [7, 11) is 0. The highest BCUT2D eigenvalue weighted by atomic mass is 16.6. The molecule has 2 fully saturated rings. The maximum absolute atomic E-state index is 12.4. The number of esters is 1. The van der Waals surface area contributed by atoms with Crippen LogP contribution in [0.5, 0.6) is 0 Å². The van der Waals surface area contributed by atoms with Crippen LogP contribution < -0.4 is 10.2 Å². The minimum absolute atomic E-state index is 0.0152. The molecule has 12 heteroatoms. The lowest BCUT2D eigenvalue weighted by molar-refractivity contribution is -0.155. The van der Waals surface area contributed by atoms with Crippen LogP contribution in [0.4, 0.5) is 10.5 Å². The maximum Gasteiger partial charge on any atom is 0.414 e. The minimum Gasteiger partial charge on any atom is -0.481 e. The Morgan fingerprint density at radius 2 is 1.86 bits per heavy atom. The van der Waals surface area contributed by atoms with Crippen LogP contribution in [0, 0.1) is 5.41 Å². The standard InChI is InChI=1S/C23H31N5O7/c1-3-34-22(32)19(12-20(30)31)27-10-8-26(9-11-27)13-18-14-28(23(33)35-18)17-6-4-16(5-7-17)21(24)25-15(2)29/h4-7,18-19H,3,8-14H2,1-2H3,(H,30,31)(H2,24,25,29). The van der Waals surface area contributed by atoms with Gasteiger partial charge >= 0.3 is 18.0 Å². The Kier molecular flexibility index (Phi) is 8.77. The lowest BCUT2D eigenvalue weighted by Gasteiger charge is -2.38. The molecule has 0 aromatic heterocycles. The quantitative estimate of drug-likeness (QED) is 0.256. The van der Waals surface area contributed by atoms with Crippen LogP contribution in [-0.4, -0.2) is 103 Å². The summed E-state index contributed by atoms with van der Waals surface area (Å²) < 4.78 is 10.6. The number of hydrogen-bond acceptors (Lipinski definition) is 9. The zero-order valence-electron chi connectivity index (χ0n) is 19.9. The van der Waals surface area contributed by atoms with Gasteiger partial charge in [-0.2, -0.15) is 0 Å². The van der Waals surface area contributed by atoms with Gasteiger partial charge in [0.25, 0.3) is 0 Å². The van der Waals surface area contributed by atoms with Crippen LogP contribution in [0.3, 0.4) is 0 Å². The molecule has 3 N–H and O–H groups in total. The van der Waals surface area contributed by atoms with E-state index in [1.54, 1.807) is 31.2 Å². The molecule has 0 radical (unpaired) electrons. The van der Waals surface area contributed by atoms with Crippen molar-refractivity contribution < 1.29 is 33.8 Å². The van der Waals surface area contributed by atoms with E-state index in [0.717, 1.165) is 0 Å². The molecule has 3 rings (SSSR count). The Morgan fingerprint density at radius 1 is 1.20 bits per heavy atom. The molecular weight excluding hydrogens is 458 g/mol. The molecular formula is C23H31N5O7. The Labute approximate surface area is 203 Å². The Hall–Kier alpha value is -3.51. The maximum atomic E-state index is 12.4. The van der Waals surface area contributed by atoms with Crippen molar-refractivity contribution in [2.24, 2.45) is 0 Å². The minimum atomic E-state index is -1.05. The number of ether oxygens (including phenoxy) is 2. The van der Waals surface area contributed by atoms with E-state index in [0.29, 0.717) is 50.5 Å². The van der Waals surface area contributed by atoms with Crippen LogP contribution >= 0.6 is 0 Å². The summed E-state index contributed by atoms with van der Waals surface area (Å²) in [5, 5.41) is 19.5. The number of benzene rings is 1. The van der Waals surface area contributed by atoms with Crippen molar-refractivity contribution >= 4 is 35.5 Å². The number of nitrogens with one attached hydrogen (secondary N) is 2. The predicted molar refractivity (Wildman–Crippen MR) is 125 cm³/mol. The molecule has 0 saturated carbocycles. The van der Waals surface area contributed by atoms with Gasteiger partial charge in [-0.1, -0.05) is 0 Å². The predicted octanol–water partition coefficient (Wildman–Crippen LogP) is 0.497. The zero-order chi connectivity index (χ0) is 25.5. The SMILES string of the molecule is CCOC(=O)C(CC(=O)O)N1CCN(CC2CN(c3ccc(C(=N)NC(C)=O)cc3)C(=O)O2)CC1. The van der Waals surface area contributed by atoms with Crippen molar-refractivity contribution in [2.75, 3.05) is 50.8 Å². The number of aliphatic carboxylic acids is 1. The largest absolute Gasteiger partial charge is 0.481 e. The van der Waals surface area contributed by atoms with E-state index >= 15 is 0 Å². The smallest absolute Gasteiger partial charge is 0.414 e. The number of anilines is 1. The van der Waals surface area contributed by atoms with Gasteiger partial charge in [0, 0.05) is 50.9 Å². The van der Waals surface area contributed by atoms with Crippen molar-refractivity contribution in [3.63, 3.8) is 0 Å². The van der Waals surface area contributed by atoms with Crippen molar-refractivity contribution in [2.45, 2.75) is 32.4 Å². The van der Waals surface area contributed by atoms with Gasteiger partial charge in [0.2, 0.25) is 5.91 Å². The molecule has 35 heavy (non-hydrogen) atoms. The highest BCUT2D eigenvalue weighted by molar-refractivity contribution is 6.05. The van der Waals surface area contributed by atoms with Crippen LogP contribution in [0.1, 0.15) is 25.8 Å². The second-order valence-corrected chi connectivity index (χ2v) is 8.42. The second kappa shape index (κ2) is 11.8. The number of hydrogen-bond donors (Lipinski definition) is 3. The van der Waals surface area contributed by atoms with Gasteiger partial charge in [-0.25, -0.2) is 4.79 Å². The summed E-state index contributed by atoms with van der Waals surface area (Å²) in [6.07, 6.45) is -1.11. The number of amides is 2. The summed E-state index contributed by atoms with van der Waals surface area (Å²) in [4.78, 5) is 52.5. The third kappa shape index (κ3) is 6.99. The number of carboxylic acid groups (broad SMARTS) is 1. The van der Waals surface area contributed by atoms with E-state index in [1.807, 2.05) is 4.90 Å². The third-order valence-corrected chi connectivity index (χ3v) is 5.88. The normalized spacial score (nSPS) is 19.7. The summed E-state index contributed by atoms with van der Waals surface area (Å²) in [6.45, 7) is 6.30. The number of carbonyl (C=O) groups excluding carboxylic acids is 3. The highest BCUT2D eigenvalue weighted by Gasteiger charge is 2.36. The highest BCUT2D eigenvalue weighted by Crippen LogP contribution is 2.23. The van der Waals surface area contributed by atoms with Gasteiger partial charge in [0.1, 0.15) is 18.0 Å². The van der Waals surface area contributed by atoms with Crippen molar-refractivity contribution in [3.05, 3.63) is 29.8 Å². The van der Waals surface area contributed by atoms with E-state index in [9.17, 15) is 19.2 Å². The van der Waals surface area contributed by atoms with Crippen LogP contribution in [0.25, 0.3) is 0 Å². The molecule has 12 nitrogen and oxygen atoms in total. The van der Waals surface area contributed by atoms with E-state index in [4.69, 9.17) is 20.0 Å². The first-order valence-corrected chi connectivity index (χ1v) is 11.5. The fourth-order valence-corrected chi connectivity index (χ4v) is 4.19.